The first-order valence-electron chi connectivity index (χ1n) is 16.9. The van der Waals surface area contributed by atoms with Crippen LogP contribution in [0.4, 0.5) is 5.69 Å². The number of aryl methyl sites for hydroxylation is 1. The van der Waals surface area contributed by atoms with E-state index in [-0.39, 0.29) is 22.0 Å². The minimum Gasteiger partial charge on any atom is -0.509 e. The van der Waals surface area contributed by atoms with Crippen molar-refractivity contribution < 1.29 is 5.11 Å². The van der Waals surface area contributed by atoms with Crippen LogP contribution in [0, 0.1) is 13.5 Å². The lowest BCUT2D eigenvalue weighted by Gasteiger charge is -2.27. The highest BCUT2D eigenvalue weighted by atomic mass is 16.3. The number of phenols is 1. The normalized spacial score (nSPS) is 12.3. The summed E-state index contributed by atoms with van der Waals surface area (Å²) in [5, 5.41) is 11.3. The van der Waals surface area contributed by atoms with Gasteiger partial charge in [-0.3, -0.25) is 9.55 Å². The first-order chi connectivity index (χ1) is 22.9. The van der Waals surface area contributed by atoms with Crippen LogP contribution in [-0.2, 0) is 16.2 Å². The Bertz CT molecular complexity index is 2230. The third-order valence-corrected chi connectivity index (χ3v) is 9.27. The van der Waals surface area contributed by atoms with E-state index in [2.05, 4.69) is 139 Å². The fourth-order valence-corrected chi connectivity index (χ4v) is 6.22. The Morgan fingerprint density at radius 3 is 1.90 bits per heavy atom. The molecule has 1 N–H and O–H groups in total. The van der Waals surface area contributed by atoms with E-state index >= 15 is 0 Å². The summed E-state index contributed by atoms with van der Waals surface area (Å²) in [5.74, 6) is 0.645. The van der Waals surface area contributed by atoms with Gasteiger partial charge in [0.25, 0.3) is 0 Å². The van der Waals surface area contributed by atoms with Gasteiger partial charge < -0.3 is 5.11 Å². The molecule has 0 spiro atoms. The molecule has 0 unspecified atom stereocenters. The molecule has 49 heavy (non-hydrogen) atoms. The number of aromatic nitrogens is 3. The van der Waals surface area contributed by atoms with E-state index in [0.717, 1.165) is 44.7 Å². The van der Waals surface area contributed by atoms with Gasteiger partial charge in [0.15, 0.2) is 5.69 Å². The van der Waals surface area contributed by atoms with Crippen LogP contribution in [0.3, 0.4) is 0 Å². The molecule has 0 aliphatic heterocycles. The Labute approximate surface area is 291 Å². The first-order valence-corrected chi connectivity index (χ1v) is 16.9. The van der Waals surface area contributed by atoms with Crippen molar-refractivity contribution in [1.29, 1.82) is 0 Å². The molecule has 6 aromatic rings. The van der Waals surface area contributed by atoms with Gasteiger partial charge in [-0.25, -0.2) is 9.83 Å². The fourth-order valence-electron chi connectivity index (χ4n) is 6.22. The zero-order chi connectivity index (χ0) is 35.5. The molecule has 2 heterocycles. The average Bonchev–Trinajstić information content (AvgIpc) is 3.42. The van der Waals surface area contributed by atoms with Gasteiger partial charge >= 0.3 is 0 Å². The first kappa shape index (κ1) is 33.7. The van der Waals surface area contributed by atoms with Gasteiger partial charge in [0, 0.05) is 23.0 Å². The number of hydrogen-bond donors (Lipinski definition) is 1. The summed E-state index contributed by atoms with van der Waals surface area (Å²) in [6.45, 7) is 29.7. The topological polar surface area (TPSA) is 55.3 Å². The Balaban J connectivity index is 1.71. The second-order valence-electron chi connectivity index (χ2n) is 16.3. The number of imidazole rings is 1. The summed E-state index contributed by atoms with van der Waals surface area (Å²) >= 11 is 0. The smallest absolute Gasteiger partial charge is 0.190 e. The fraction of sp³-hybridized carbons (Fsp3) is 0.295. The van der Waals surface area contributed by atoms with E-state index in [1.54, 1.807) is 12.1 Å². The quantitative estimate of drug-likeness (QED) is 0.194. The predicted molar refractivity (Wildman–Crippen MR) is 204 cm³/mol. The highest BCUT2D eigenvalue weighted by Crippen LogP contribution is 2.42. The molecule has 4 aromatic carbocycles. The lowest BCUT2D eigenvalue weighted by Crippen LogP contribution is -2.17. The summed E-state index contributed by atoms with van der Waals surface area (Å²) in [6, 6.07) is 29.1. The van der Waals surface area contributed by atoms with Crippen LogP contribution in [0.1, 0.15) is 84.6 Å². The molecule has 0 amide bonds. The van der Waals surface area contributed by atoms with Crippen molar-refractivity contribution in [2.75, 3.05) is 0 Å². The number of aromatic hydroxyl groups is 1. The Morgan fingerprint density at radius 2 is 1.31 bits per heavy atom. The van der Waals surface area contributed by atoms with Gasteiger partial charge in [-0.15, -0.1) is 0 Å². The molecule has 248 valence electrons. The third-order valence-electron chi connectivity index (χ3n) is 9.27. The van der Waals surface area contributed by atoms with Gasteiger partial charge in [0.05, 0.1) is 28.9 Å². The maximum Gasteiger partial charge on any atom is 0.190 e. The van der Waals surface area contributed by atoms with Crippen molar-refractivity contribution in [3.05, 3.63) is 125 Å². The number of rotatable bonds is 4. The van der Waals surface area contributed by atoms with Crippen LogP contribution < -0.4 is 0 Å². The average molecular weight is 647 g/mol. The van der Waals surface area contributed by atoms with Gasteiger partial charge in [-0.05, 0) is 99.5 Å². The van der Waals surface area contributed by atoms with Crippen LogP contribution in [0.15, 0.2) is 91.1 Å². The van der Waals surface area contributed by atoms with Gasteiger partial charge in [-0.1, -0.05) is 98.7 Å². The molecule has 0 bridgehead atoms. The SMILES string of the molecule is [C-]#[N+]c1ccc(-c2nc3c(-c4cc(-c5cc(C)ccn5)cc(C(C)(C)C)c4)cccc3n2-c2cc(C(C)(C)C)cc(C(C)(C)C)c2)c(O)c1. The van der Waals surface area contributed by atoms with E-state index < -0.39 is 0 Å². The van der Waals surface area contributed by atoms with Crippen LogP contribution in [0.2, 0.25) is 0 Å². The minimum atomic E-state index is -0.0970. The molecule has 2 aromatic heterocycles. The summed E-state index contributed by atoms with van der Waals surface area (Å²) in [4.78, 5) is 13.6. The third kappa shape index (κ3) is 6.61. The van der Waals surface area contributed by atoms with Gasteiger partial charge in [0.2, 0.25) is 0 Å². The summed E-state index contributed by atoms with van der Waals surface area (Å²) in [6.07, 6.45) is 1.87. The molecule has 5 nitrogen and oxygen atoms in total. The monoisotopic (exact) mass is 646 g/mol. The molecule has 0 atom stereocenters. The van der Waals surface area contributed by atoms with Crippen molar-refractivity contribution in [3.8, 4) is 45.2 Å². The number of phenolic OH excluding ortho intramolecular Hbond substituents is 1. The Morgan fingerprint density at radius 1 is 0.673 bits per heavy atom. The predicted octanol–water partition coefficient (Wildman–Crippen LogP) is 11.9. The van der Waals surface area contributed by atoms with Crippen LogP contribution in [0.5, 0.6) is 5.75 Å². The molecule has 0 saturated heterocycles. The summed E-state index contributed by atoms with van der Waals surface area (Å²) in [7, 11) is 0. The Hall–Kier alpha value is -5.21. The lowest BCUT2D eigenvalue weighted by molar-refractivity contribution is 0.477. The maximum absolute atomic E-state index is 11.3. The van der Waals surface area contributed by atoms with E-state index in [1.807, 2.05) is 12.3 Å². The van der Waals surface area contributed by atoms with Crippen LogP contribution in [0.25, 0.3) is 55.3 Å². The number of benzene rings is 4. The van der Waals surface area contributed by atoms with Crippen molar-refractivity contribution in [1.82, 2.24) is 14.5 Å². The van der Waals surface area contributed by atoms with E-state index in [9.17, 15) is 5.11 Å². The molecule has 0 aliphatic carbocycles. The molecular weight excluding hydrogens is 601 g/mol. The second-order valence-corrected chi connectivity index (χ2v) is 16.3. The van der Waals surface area contributed by atoms with Gasteiger partial charge in [-0.2, -0.15) is 0 Å². The summed E-state index contributed by atoms with van der Waals surface area (Å²) < 4.78 is 2.17. The van der Waals surface area contributed by atoms with Gasteiger partial charge in [0.1, 0.15) is 11.6 Å². The molecule has 0 aliphatic rings. The molecular formula is C44H46N4O. The van der Waals surface area contributed by atoms with Crippen molar-refractivity contribution in [2.24, 2.45) is 0 Å². The number of pyridine rings is 1. The number of fused-ring (bicyclic) bond motifs is 1. The van der Waals surface area contributed by atoms with Crippen LogP contribution in [-0.4, -0.2) is 19.6 Å². The molecule has 0 radical (unpaired) electrons. The van der Waals surface area contributed by atoms with Crippen molar-refractivity contribution in [2.45, 2.75) is 85.5 Å². The maximum atomic E-state index is 11.3. The molecule has 0 fully saturated rings. The highest BCUT2D eigenvalue weighted by Gasteiger charge is 2.25. The van der Waals surface area contributed by atoms with Crippen molar-refractivity contribution in [3.63, 3.8) is 0 Å². The zero-order valence-corrected chi connectivity index (χ0v) is 30.4. The standard InChI is InChI=1S/C44H46N4O/c1-27-17-18-46-37(19-27)29-20-28(21-30(22-29)42(2,3)4)35-13-12-14-38-40(35)47-41(36-16-15-33(45-11)26-39(36)49)48(38)34-24-31(43(5,6)7)23-32(25-34)44(8,9)10/h12-26,49H,1-10H3. The molecule has 6 rings (SSSR count). The molecule has 0 saturated carbocycles. The molecule has 5 heteroatoms. The number of nitrogens with zero attached hydrogens (tertiary/aromatic N) is 4. The number of hydrogen-bond acceptors (Lipinski definition) is 3. The van der Waals surface area contributed by atoms with E-state index in [0.29, 0.717) is 17.1 Å². The minimum absolute atomic E-state index is 0.0252. The second kappa shape index (κ2) is 12.0. The largest absolute Gasteiger partial charge is 0.509 e. The van der Waals surface area contributed by atoms with E-state index in [1.165, 1.54) is 22.8 Å². The lowest BCUT2D eigenvalue weighted by atomic mass is 9.80. The summed E-state index contributed by atoms with van der Waals surface area (Å²) in [5.41, 5.74) is 12.3. The van der Waals surface area contributed by atoms with Crippen molar-refractivity contribution >= 4 is 16.7 Å². The zero-order valence-electron chi connectivity index (χ0n) is 30.4. The highest BCUT2D eigenvalue weighted by molar-refractivity contribution is 5.97. The van der Waals surface area contributed by atoms with Crippen LogP contribution >= 0.6 is 0 Å². The van der Waals surface area contributed by atoms with E-state index in [4.69, 9.17) is 16.5 Å². The number of para-hydroxylation sites is 1. The Kier molecular flexibility index (Phi) is 8.27.